The zero-order valence-corrected chi connectivity index (χ0v) is 9.20. The lowest BCUT2D eigenvalue weighted by molar-refractivity contribution is -0.136. The molecule has 3 nitrogen and oxygen atoms in total. The number of carbonyl (C=O) groups is 1. The zero-order valence-electron chi connectivity index (χ0n) is 9.20. The van der Waals surface area contributed by atoms with E-state index < -0.39 is 6.10 Å². The van der Waals surface area contributed by atoms with E-state index in [2.05, 4.69) is 11.3 Å². The third kappa shape index (κ3) is 3.75. The molecule has 0 heterocycles. The highest BCUT2D eigenvalue weighted by Gasteiger charge is 2.14. The Kier molecular flexibility index (Phi) is 5.16. The van der Waals surface area contributed by atoms with Crippen molar-refractivity contribution in [2.24, 2.45) is 5.92 Å². The summed E-state index contributed by atoms with van der Waals surface area (Å²) in [6.45, 7) is 8.89. The molecule has 2 atom stereocenters. The number of carbonyl (C=O) groups excluding carboxylic acids is 1. The molecule has 0 fully saturated rings. The van der Waals surface area contributed by atoms with Crippen LogP contribution in [0.2, 0.25) is 0 Å². The topological polar surface area (TPSA) is 46.5 Å². The van der Waals surface area contributed by atoms with Crippen molar-refractivity contribution in [2.75, 3.05) is 7.11 Å². The Balaban J connectivity index is 4.49. The van der Waals surface area contributed by atoms with E-state index in [1.807, 2.05) is 6.92 Å². The van der Waals surface area contributed by atoms with Crippen LogP contribution in [0.5, 0.6) is 0 Å². The van der Waals surface area contributed by atoms with Gasteiger partial charge in [-0.3, -0.25) is 0 Å². The zero-order chi connectivity index (χ0) is 11.3. The van der Waals surface area contributed by atoms with E-state index in [1.165, 1.54) is 7.11 Å². The summed E-state index contributed by atoms with van der Waals surface area (Å²) in [5, 5.41) is 9.60. The lowest BCUT2D eigenvalue weighted by Crippen LogP contribution is -2.17. The number of rotatable bonds is 4. The third-order valence-corrected chi connectivity index (χ3v) is 2.02. The van der Waals surface area contributed by atoms with Crippen LogP contribution in [0.1, 0.15) is 20.8 Å². The van der Waals surface area contributed by atoms with Gasteiger partial charge in [-0.05, 0) is 13.8 Å². The Hall–Kier alpha value is -1.09. The fraction of sp³-hybridized carbons (Fsp3) is 0.545. The second-order valence-electron chi connectivity index (χ2n) is 3.49. The van der Waals surface area contributed by atoms with E-state index >= 15 is 0 Å². The van der Waals surface area contributed by atoms with Crippen LogP contribution >= 0.6 is 0 Å². The molecule has 1 N–H and O–H groups in total. The first kappa shape index (κ1) is 12.9. The van der Waals surface area contributed by atoms with Gasteiger partial charge in [-0.15, -0.1) is 0 Å². The highest BCUT2D eigenvalue weighted by molar-refractivity contribution is 5.87. The van der Waals surface area contributed by atoms with Gasteiger partial charge in [0.05, 0.1) is 13.2 Å². The van der Waals surface area contributed by atoms with Crippen molar-refractivity contribution in [1.82, 2.24) is 0 Å². The summed E-state index contributed by atoms with van der Waals surface area (Å²) in [5.74, 6) is -0.502. The van der Waals surface area contributed by atoms with Gasteiger partial charge in [0.25, 0.3) is 0 Å². The second kappa shape index (κ2) is 5.60. The molecule has 3 heteroatoms. The molecule has 0 aliphatic heterocycles. The number of hydrogen-bond acceptors (Lipinski definition) is 3. The van der Waals surface area contributed by atoms with Gasteiger partial charge in [-0.25, -0.2) is 4.79 Å². The van der Waals surface area contributed by atoms with Gasteiger partial charge in [-0.2, -0.15) is 0 Å². The molecular formula is C11H18O3. The van der Waals surface area contributed by atoms with Gasteiger partial charge in [0.2, 0.25) is 0 Å². The van der Waals surface area contributed by atoms with Gasteiger partial charge in [0.15, 0.2) is 0 Å². The number of hydrogen-bond donors (Lipinski definition) is 1. The molecule has 0 saturated carbocycles. The third-order valence-electron chi connectivity index (χ3n) is 2.02. The summed E-state index contributed by atoms with van der Waals surface area (Å²) in [6.07, 6.45) is 1.07. The minimum Gasteiger partial charge on any atom is -0.466 e. The molecule has 14 heavy (non-hydrogen) atoms. The fourth-order valence-electron chi connectivity index (χ4n) is 1.16. The standard InChI is InChI=1S/C11H18O3/c1-7(2)10(12)8(3)6-9(4)11(13)14-5/h6,8,10,12H,1H2,2-5H3/b9-6+/t8-,10+/m0/s1. The minimum atomic E-state index is -0.616. The highest BCUT2D eigenvalue weighted by atomic mass is 16.5. The van der Waals surface area contributed by atoms with Crippen molar-refractivity contribution in [3.8, 4) is 0 Å². The molecule has 0 spiro atoms. The molecule has 0 aliphatic carbocycles. The van der Waals surface area contributed by atoms with Crippen molar-refractivity contribution < 1.29 is 14.6 Å². The van der Waals surface area contributed by atoms with Crippen molar-refractivity contribution in [3.63, 3.8) is 0 Å². The molecule has 0 radical (unpaired) electrons. The molecule has 0 aromatic carbocycles. The van der Waals surface area contributed by atoms with Crippen molar-refractivity contribution in [3.05, 3.63) is 23.8 Å². The monoisotopic (exact) mass is 198 g/mol. The lowest BCUT2D eigenvalue weighted by atomic mass is 9.97. The van der Waals surface area contributed by atoms with Gasteiger partial charge in [-0.1, -0.05) is 25.2 Å². The summed E-state index contributed by atoms with van der Waals surface area (Å²) in [7, 11) is 1.33. The molecule has 0 saturated heterocycles. The molecule has 0 aliphatic rings. The van der Waals surface area contributed by atoms with E-state index in [0.29, 0.717) is 11.1 Å². The summed E-state index contributed by atoms with van der Waals surface area (Å²) in [5.41, 5.74) is 1.19. The maximum atomic E-state index is 11.0. The van der Waals surface area contributed by atoms with E-state index in [9.17, 15) is 9.90 Å². The van der Waals surface area contributed by atoms with Gasteiger partial charge in [0.1, 0.15) is 0 Å². The van der Waals surface area contributed by atoms with Crippen LogP contribution in [-0.2, 0) is 9.53 Å². The predicted octanol–water partition coefficient (Wildman–Crippen LogP) is 1.68. The van der Waals surface area contributed by atoms with E-state index in [1.54, 1.807) is 19.9 Å². The molecule has 0 rings (SSSR count). The number of ether oxygens (including phenoxy) is 1. The summed E-state index contributed by atoms with van der Waals surface area (Å²) < 4.78 is 4.54. The number of aliphatic hydroxyl groups is 1. The average molecular weight is 198 g/mol. The maximum absolute atomic E-state index is 11.0. The Morgan fingerprint density at radius 3 is 2.36 bits per heavy atom. The van der Waals surface area contributed by atoms with Crippen LogP contribution in [0.15, 0.2) is 23.8 Å². The molecule has 0 bridgehead atoms. The normalized spacial score (nSPS) is 15.9. The van der Waals surface area contributed by atoms with Crippen molar-refractivity contribution in [1.29, 1.82) is 0 Å². The summed E-state index contributed by atoms with van der Waals surface area (Å²) in [4.78, 5) is 11.0. The SMILES string of the molecule is C=C(C)[C@@H](O)[C@@H](C)/C=C(\C)C(=O)OC. The van der Waals surface area contributed by atoms with E-state index in [4.69, 9.17) is 0 Å². The van der Waals surface area contributed by atoms with Crippen LogP contribution in [0.3, 0.4) is 0 Å². The van der Waals surface area contributed by atoms with E-state index in [0.717, 1.165) is 0 Å². The largest absolute Gasteiger partial charge is 0.466 e. The number of methoxy groups -OCH3 is 1. The first-order valence-electron chi connectivity index (χ1n) is 4.50. The van der Waals surface area contributed by atoms with Crippen LogP contribution < -0.4 is 0 Å². The molecule has 80 valence electrons. The average Bonchev–Trinajstić information content (AvgIpc) is 2.14. The molecule has 0 amide bonds. The molecule has 0 aromatic rings. The molecular weight excluding hydrogens is 180 g/mol. The Morgan fingerprint density at radius 1 is 1.50 bits per heavy atom. The first-order chi connectivity index (χ1) is 6.40. The number of aliphatic hydroxyl groups excluding tert-OH is 1. The molecule has 0 unspecified atom stereocenters. The quantitative estimate of drug-likeness (QED) is 0.424. The van der Waals surface area contributed by atoms with Gasteiger partial charge in [0, 0.05) is 11.5 Å². The molecule has 0 aromatic heterocycles. The van der Waals surface area contributed by atoms with Crippen LogP contribution in [0.25, 0.3) is 0 Å². The smallest absolute Gasteiger partial charge is 0.333 e. The van der Waals surface area contributed by atoms with E-state index in [-0.39, 0.29) is 11.9 Å². The van der Waals surface area contributed by atoms with Crippen LogP contribution in [-0.4, -0.2) is 24.3 Å². The maximum Gasteiger partial charge on any atom is 0.333 e. The Bertz CT molecular complexity index is 253. The van der Waals surface area contributed by atoms with Gasteiger partial charge >= 0.3 is 5.97 Å². The van der Waals surface area contributed by atoms with Gasteiger partial charge < -0.3 is 9.84 Å². The fourth-order valence-corrected chi connectivity index (χ4v) is 1.16. The second-order valence-corrected chi connectivity index (χ2v) is 3.49. The Morgan fingerprint density at radius 2 is 2.00 bits per heavy atom. The van der Waals surface area contributed by atoms with Crippen molar-refractivity contribution in [2.45, 2.75) is 26.9 Å². The minimum absolute atomic E-state index is 0.133. The predicted molar refractivity (Wildman–Crippen MR) is 55.8 cm³/mol. The Labute approximate surface area is 85.1 Å². The highest BCUT2D eigenvalue weighted by Crippen LogP contribution is 2.14. The number of esters is 1. The first-order valence-corrected chi connectivity index (χ1v) is 4.50. The lowest BCUT2D eigenvalue weighted by Gasteiger charge is -2.15. The summed E-state index contributed by atoms with van der Waals surface area (Å²) in [6, 6.07) is 0. The van der Waals surface area contributed by atoms with Crippen LogP contribution in [0, 0.1) is 5.92 Å². The van der Waals surface area contributed by atoms with Crippen molar-refractivity contribution >= 4 is 5.97 Å². The summed E-state index contributed by atoms with van der Waals surface area (Å²) >= 11 is 0. The van der Waals surface area contributed by atoms with Crippen LogP contribution in [0.4, 0.5) is 0 Å².